The number of benzene rings is 3. The number of hydrogen-bond donors (Lipinski definition) is 0. The summed E-state index contributed by atoms with van der Waals surface area (Å²) < 4.78 is 11.5. The van der Waals surface area contributed by atoms with Crippen LogP contribution in [0.2, 0.25) is 0 Å². The van der Waals surface area contributed by atoms with Crippen LogP contribution in [0, 0.1) is 0 Å². The van der Waals surface area contributed by atoms with Gasteiger partial charge in [0.15, 0.2) is 11.5 Å². The summed E-state index contributed by atoms with van der Waals surface area (Å²) in [5.41, 5.74) is 3.38. The minimum Gasteiger partial charge on any atom is -0.493 e. The van der Waals surface area contributed by atoms with E-state index in [4.69, 9.17) is 9.47 Å². The van der Waals surface area contributed by atoms with Crippen molar-refractivity contribution in [3.63, 3.8) is 0 Å². The van der Waals surface area contributed by atoms with Crippen LogP contribution in [0.4, 0.5) is 5.69 Å². The number of para-hydroxylation sites is 1. The summed E-state index contributed by atoms with van der Waals surface area (Å²) in [6.07, 6.45) is 1.90. The molecule has 0 radical (unpaired) electrons. The molecule has 154 valence electrons. The van der Waals surface area contributed by atoms with Crippen LogP contribution in [0.1, 0.15) is 11.1 Å². The monoisotopic (exact) mass is 401 g/mol. The van der Waals surface area contributed by atoms with Gasteiger partial charge in [-0.2, -0.15) is 5.10 Å². The van der Waals surface area contributed by atoms with Crippen LogP contribution in [0.5, 0.6) is 11.5 Å². The number of hydrogen-bond acceptors (Lipinski definition) is 5. The Balaban J connectivity index is 1.36. The lowest BCUT2D eigenvalue weighted by Crippen LogP contribution is -2.44. The van der Waals surface area contributed by atoms with E-state index in [1.807, 2.05) is 54.7 Å². The maximum absolute atomic E-state index is 6.00. The molecular formula is C25H27N3O2. The Bertz CT molecular complexity index is 953. The molecule has 0 aromatic heterocycles. The number of piperazine rings is 1. The van der Waals surface area contributed by atoms with Gasteiger partial charge in [-0.3, -0.25) is 5.01 Å². The second kappa shape index (κ2) is 9.83. The summed E-state index contributed by atoms with van der Waals surface area (Å²) in [5, 5.41) is 6.80. The lowest BCUT2D eigenvalue weighted by molar-refractivity contribution is 0.272. The van der Waals surface area contributed by atoms with Crippen molar-refractivity contribution in [2.75, 3.05) is 38.2 Å². The van der Waals surface area contributed by atoms with Crippen LogP contribution in [0.25, 0.3) is 0 Å². The molecule has 0 amide bonds. The molecule has 5 nitrogen and oxygen atoms in total. The molecule has 0 saturated carbocycles. The summed E-state index contributed by atoms with van der Waals surface area (Å²) in [4.78, 5) is 2.40. The maximum Gasteiger partial charge on any atom is 0.162 e. The molecule has 0 N–H and O–H groups in total. The Labute approximate surface area is 178 Å². The smallest absolute Gasteiger partial charge is 0.162 e. The summed E-state index contributed by atoms with van der Waals surface area (Å²) in [5.74, 6) is 1.44. The van der Waals surface area contributed by atoms with Gasteiger partial charge in [0.25, 0.3) is 0 Å². The molecule has 0 spiro atoms. The van der Waals surface area contributed by atoms with E-state index in [0.717, 1.165) is 48.8 Å². The zero-order valence-electron chi connectivity index (χ0n) is 17.3. The molecule has 30 heavy (non-hydrogen) atoms. The summed E-state index contributed by atoms with van der Waals surface area (Å²) in [7, 11) is 1.66. The number of methoxy groups -OCH3 is 1. The average Bonchev–Trinajstić information content (AvgIpc) is 2.83. The van der Waals surface area contributed by atoms with Gasteiger partial charge in [0, 0.05) is 18.8 Å². The lowest BCUT2D eigenvalue weighted by atomic mass is 10.2. The van der Waals surface area contributed by atoms with E-state index >= 15 is 0 Å². The van der Waals surface area contributed by atoms with E-state index in [9.17, 15) is 0 Å². The van der Waals surface area contributed by atoms with Gasteiger partial charge in [-0.15, -0.1) is 0 Å². The molecule has 1 aliphatic rings. The van der Waals surface area contributed by atoms with Crippen LogP contribution in [0.15, 0.2) is 84.0 Å². The molecule has 3 aromatic rings. The first-order valence-corrected chi connectivity index (χ1v) is 10.3. The zero-order valence-corrected chi connectivity index (χ0v) is 17.3. The van der Waals surface area contributed by atoms with Crippen LogP contribution in [0.3, 0.4) is 0 Å². The first-order chi connectivity index (χ1) is 14.8. The molecule has 0 unspecified atom stereocenters. The van der Waals surface area contributed by atoms with Crippen molar-refractivity contribution in [1.29, 1.82) is 0 Å². The van der Waals surface area contributed by atoms with E-state index in [1.165, 1.54) is 5.69 Å². The van der Waals surface area contributed by atoms with Gasteiger partial charge in [0.1, 0.15) is 6.61 Å². The van der Waals surface area contributed by atoms with Gasteiger partial charge in [0.2, 0.25) is 0 Å². The number of anilines is 1. The number of hydrazone groups is 1. The third-order valence-corrected chi connectivity index (χ3v) is 5.17. The van der Waals surface area contributed by atoms with Crippen molar-refractivity contribution in [3.05, 3.63) is 90.0 Å². The topological polar surface area (TPSA) is 37.3 Å². The minimum absolute atomic E-state index is 0.499. The molecular weight excluding hydrogens is 374 g/mol. The molecule has 1 heterocycles. The Morgan fingerprint density at radius 1 is 0.833 bits per heavy atom. The quantitative estimate of drug-likeness (QED) is 0.549. The highest BCUT2D eigenvalue weighted by atomic mass is 16.5. The molecule has 4 rings (SSSR count). The Hall–Kier alpha value is -3.47. The van der Waals surface area contributed by atoms with Crippen LogP contribution in [-0.2, 0) is 6.61 Å². The molecule has 0 aliphatic carbocycles. The Morgan fingerprint density at radius 3 is 2.23 bits per heavy atom. The number of nitrogens with zero attached hydrogens (tertiary/aromatic N) is 3. The molecule has 0 atom stereocenters. The van der Waals surface area contributed by atoms with Crippen molar-refractivity contribution in [2.45, 2.75) is 6.61 Å². The molecule has 1 saturated heterocycles. The second-order valence-electron chi connectivity index (χ2n) is 7.21. The largest absolute Gasteiger partial charge is 0.493 e. The summed E-state index contributed by atoms with van der Waals surface area (Å²) in [6, 6.07) is 26.6. The molecule has 1 fully saturated rings. The fourth-order valence-electron chi connectivity index (χ4n) is 3.48. The van der Waals surface area contributed by atoms with Crippen molar-refractivity contribution < 1.29 is 9.47 Å². The number of ether oxygens (including phenoxy) is 2. The van der Waals surface area contributed by atoms with Gasteiger partial charge in [-0.1, -0.05) is 48.5 Å². The third kappa shape index (κ3) is 5.11. The van der Waals surface area contributed by atoms with Crippen LogP contribution < -0.4 is 14.4 Å². The van der Waals surface area contributed by atoms with Crippen molar-refractivity contribution in [2.24, 2.45) is 5.10 Å². The Kier molecular flexibility index (Phi) is 6.50. The van der Waals surface area contributed by atoms with Gasteiger partial charge >= 0.3 is 0 Å². The minimum atomic E-state index is 0.499. The fraction of sp³-hybridized carbons (Fsp3) is 0.240. The van der Waals surface area contributed by atoms with E-state index in [1.54, 1.807) is 7.11 Å². The average molecular weight is 402 g/mol. The van der Waals surface area contributed by atoms with Crippen molar-refractivity contribution >= 4 is 11.9 Å². The highest BCUT2D eigenvalue weighted by molar-refractivity contribution is 5.80. The molecule has 5 heteroatoms. The Morgan fingerprint density at radius 2 is 1.53 bits per heavy atom. The van der Waals surface area contributed by atoms with Crippen molar-refractivity contribution in [1.82, 2.24) is 5.01 Å². The predicted molar refractivity (Wildman–Crippen MR) is 122 cm³/mol. The first-order valence-electron chi connectivity index (χ1n) is 10.3. The zero-order chi connectivity index (χ0) is 20.6. The highest BCUT2D eigenvalue weighted by Gasteiger charge is 2.15. The number of rotatable bonds is 7. The summed E-state index contributed by atoms with van der Waals surface area (Å²) in [6.45, 7) is 4.24. The van der Waals surface area contributed by atoms with Gasteiger partial charge in [-0.05, 0) is 41.5 Å². The van der Waals surface area contributed by atoms with E-state index in [-0.39, 0.29) is 0 Å². The first kappa shape index (κ1) is 19.8. The van der Waals surface area contributed by atoms with Gasteiger partial charge < -0.3 is 14.4 Å². The van der Waals surface area contributed by atoms with Crippen LogP contribution in [-0.4, -0.2) is 44.5 Å². The summed E-state index contributed by atoms with van der Waals surface area (Å²) >= 11 is 0. The standard InChI is InChI=1S/C25H27N3O2/c1-29-24-13-12-22(18-25(24)30-20-21-8-4-2-5-9-21)19-26-28-16-14-27(15-17-28)23-10-6-3-7-11-23/h2-13,18-19H,14-17,20H2,1H3. The second-order valence-corrected chi connectivity index (χ2v) is 7.21. The normalized spacial score (nSPS) is 14.2. The molecule has 1 aliphatic heterocycles. The molecule has 0 bridgehead atoms. The maximum atomic E-state index is 6.00. The van der Waals surface area contributed by atoms with Crippen LogP contribution >= 0.6 is 0 Å². The molecule has 3 aromatic carbocycles. The van der Waals surface area contributed by atoms with E-state index in [2.05, 4.69) is 45.3 Å². The van der Waals surface area contributed by atoms with Gasteiger partial charge in [-0.25, -0.2) is 0 Å². The highest BCUT2D eigenvalue weighted by Crippen LogP contribution is 2.28. The fourth-order valence-corrected chi connectivity index (χ4v) is 3.48. The van der Waals surface area contributed by atoms with Crippen molar-refractivity contribution in [3.8, 4) is 11.5 Å². The van der Waals surface area contributed by atoms with Gasteiger partial charge in [0.05, 0.1) is 26.4 Å². The SMILES string of the molecule is COc1ccc(C=NN2CCN(c3ccccc3)CC2)cc1OCc1ccccc1. The van der Waals surface area contributed by atoms with E-state index in [0.29, 0.717) is 6.61 Å². The third-order valence-electron chi connectivity index (χ3n) is 5.17. The lowest BCUT2D eigenvalue weighted by Gasteiger charge is -2.34. The predicted octanol–water partition coefficient (Wildman–Crippen LogP) is 4.43. The van der Waals surface area contributed by atoms with E-state index < -0.39 is 0 Å².